The Morgan fingerprint density at radius 3 is 2.94 bits per heavy atom. The number of carbonyl (C=O) groups is 1. The summed E-state index contributed by atoms with van der Waals surface area (Å²) in [5.41, 5.74) is 6.61. The lowest BCUT2D eigenvalue weighted by atomic mass is 10.3. The van der Waals surface area contributed by atoms with Gasteiger partial charge in [-0.15, -0.1) is 16.9 Å². The summed E-state index contributed by atoms with van der Waals surface area (Å²) >= 11 is 1.61. The molecule has 18 heavy (non-hydrogen) atoms. The second-order valence-corrected chi connectivity index (χ2v) is 4.31. The van der Waals surface area contributed by atoms with Crippen molar-refractivity contribution in [3.05, 3.63) is 30.0 Å². The fraction of sp³-hybridized carbons (Fsp3) is 0.182. The average Bonchev–Trinajstić information content (AvgIpc) is 2.80. The Bertz CT molecular complexity index is 582. The Labute approximate surface area is 108 Å². The lowest BCUT2D eigenvalue weighted by Crippen LogP contribution is -2.07. The zero-order valence-electron chi connectivity index (χ0n) is 9.95. The molecule has 2 rings (SSSR count). The third kappa shape index (κ3) is 2.17. The van der Waals surface area contributed by atoms with Crippen LogP contribution in [0.4, 0.5) is 5.82 Å². The zero-order chi connectivity index (χ0) is 13.1. The zero-order valence-corrected chi connectivity index (χ0v) is 10.8. The van der Waals surface area contributed by atoms with E-state index in [4.69, 9.17) is 5.73 Å². The first kappa shape index (κ1) is 12.4. The van der Waals surface area contributed by atoms with Crippen molar-refractivity contribution in [2.24, 2.45) is 0 Å². The second kappa shape index (κ2) is 5.09. The number of esters is 1. The van der Waals surface area contributed by atoms with Gasteiger partial charge in [0.2, 0.25) is 5.69 Å². The maximum atomic E-state index is 11.4. The van der Waals surface area contributed by atoms with Gasteiger partial charge in [-0.05, 0) is 24.5 Å². The summed E-state index contributed by atoms with van der Waals surface area (Å²) in [4.78, 5) is 12.5. The maximum absolute atomic E-state index is 11.4. The van der Waals surface area contributed by atoms with Crippen molar-refractivity contribution >= 4 is 23.5 Å². The van der Waals surface area contributed by atoms with Crippen LogP contribution in [0.3, 0.4) is 0 Å². The Kier molecular flexibility index (Phi) is 3.52. The number of benzene rings is 1. The van der Waals surface area contributed by atoms with Crippen LogP contribution in [-0.4, -0.2) is 34.3 Å². The molecule has 2 N–H and O–H groups in total. The summed E-state index contributed by atoms with van der Waals surface area (Å²) in [6.45, 7) is 0. The number of nitrogens with zero attached hydrogens (tertiary/aromatic N) is 3. The number of thioether (sulfide) groups is 1. The minimum absolute atomic E-state index is 0.0204. The molecule has 0 saturated heterocycles. The summed E-state index contributed by atoms with van der Waals surface area (Å²) in [7, 11) is 1.27. The SMILES string of the molecule is COC(=O)c1nnn(-c2cccc(SC)c2)c1N. The number of methoxy groups -OCH3 is 1. The van der Waals surface area contributed by atoms with Gasteiger partial charge in [-0.1, -0.05) is 11.3 Å². The van der Waals surface area contributed by atoms with E-state index in [-0.39, 0.29) is 11.5 Å². The molecule has 0 aliphatic carbocycles. The molecule has 1 heterocycles. The first-order valence-electron chi connectivity index (χ1n) is 5.11. The highest BCUT2D eigenvalue weighted by Crippen LogP contribution is 2.21. The van der Waals surface area contributed by atoms with Crippen molar-refractivity contribution in [1.82, 2.24) is 15.0 Å². The Hall–Kier alpha value is -2.02. The van der Waals surface area contributed by atoms with Crippen LogP contribution in [0.2, 0.25) is 0 Å². The van der Waals surface area contributed by atoms with Crippen molar-refractivity contribution < 1.29 is 9.53 Å². The van der Waals surface area contributed by atoms with E-state index in [2.05, 4.69) is 15.0 Å². The third-order valence-electron chi connectivity index (χ3n) is 2.38. The molecule has 0 fully saturated rings. The summed E-state index contributed by atoms with van der Waals surface area (Å²) in [6, 6.07) is 7.62. The van der Waals surface area contributed by atoms with E-state index in [9.17, 15) is 4.79 Å². The number of ether oxygens (including phenoxy) is 1. The summed E-state index contributed by atoms with van der Waals surface area (Å²) in [6.07, 6.45) is 1.98. The number of nitrogen functional groups attached to an aromatic ring is 1. The first-order chi connectivity index (χ1) is 8.67. The van der Waals surface area contributed by atoms with Crippen LogP contribution in [0.15, 0.2) is 29.2 Å². The molecule has 0 bridgehead atoms. The van der Waals surface area contributed by atoms with Crippen LogP contribution in [0.1, 0.15) is 10.5 Å². The Morgan fingerprint density at radius 1 is 1.50 bits per heavy atom. The highest BCUT2D eigenvalue weighted by atomic mass is 32.2. The molecule has 0 spiro atoms. The first-order valence-corrected chi connectivity index (χ1v) is 6.33. The lowest BCUT2D eigenvalue weighted by Gasteiger charge is -2.04. The van der Waals surface area contributed by atoms with Crippen LogP contribution in [0, 0.1) is 0 Å². The Morgan fingerprint density at radius 2 is 2.28 bits per heavy atom. The lowest BCUT2D eigenvalue weighted by molar-refractivity contribution is 0.0595. The molecule has 0 aliphatic heterocycles. The van der Waals surface area contributed by atoms with Crippen molar-refractivity contribution in [1.29, 1.82) is 0 Å². The predicted molar refractivity (Wildman–Crippen MR) is 68.9 cm³/mol. The van der Waals surface area contributed by atoms with E-state index in [0.717, 1.165) is 10.6 Å². The van der Waals surface area contributed by atoms with Gasteiger partial charge in [0, 0.05) is 4.90 Å². The number of aromatic nitrogens is 3. The summed E-state index contributed by atoms with van der Waals surface area (Å²) < 4.78 is 5.98. The molecule has 0 amide bonds. The van der Waals surface area contributed by atoms with Crippen LogP contribution in [0.5, 0.6) is 0 Å². The smallest absolute Gasteiger partial charge is 0.362 e. The number of hydrogen-bond acceptors (Lipinski definition) is 6. The second-order valence-electron chi connectivity index (χ2n) is 3.43. The van der Waals surface area contributed by atoms with E-state index in [0.29, 0.717) is 0 Å². The highest BCUT2D eigenvalue weighted by molar-refractivity contribution is 7.98. The molecule has 0 saturated carbocycles. The van der Waals surface area contributed by atoms with Gasteiger partial charge < -0.3 is 10.5 Å². The van der Waals surface area contributed by atoms with Gasteiger partial charge in [-0.2, -0.15) is 4.68 Å². The molecule has 0 radical (unpaired) electrons. The molecule has 94 valence electrons. The maximum Gasteiger partial charge on any atom is 0.362 e. The molecule has 2 aromatic rings. The van der Waals surface area contributed by atoms with E-state index in [1.165, 1.54) is 11.8 Å². The van der Waals surface area contributed by atoms with Crippen LogP contribution in [0.25, 0.3) is 5.69 Å². The normalized spacial score (nSPS) is 10.3. The molecule has 7 heteroatoms. The van der Waals surface area contributed by atoms with Gasteiger partial charge in [-0.3, -0.25) is 0 Å². The van der Waals surface area contributed by atoms with Crippen molar-refractivity contribution in [2.75, 3.05) is 19.1 Å². The molecular formula is C11H12N4O2S. The van der Waals surface area contributed by atoms with E-state index in [1.807, 2.05) is 30.5 Å². The van der Waals surface area contributed by atoms with Crippen molar-refractivity contribution in [3.63, 3.8) is 0 Å². The van der Waals surface area contributed by atoms with Gasteiger partial charge in [0.1, 0.15) is 0 Å². The number of nitrogens with two attached hydrogens (primary N) is 1. The van der Waals surface area contributed by atoms with Gasteiger partial charge in [0.05, 0.1) is 12.8 Å². The minimum atomic E-state index is -0.597. The largest absolute Gasteiger partial charge is 0.464 e. The number of carbonyl (C=O) groups excluding carboxylic acids is 1. The molecule has 0 unspecified atom stereocenters. The standard InChI is InChI=1S/C11H12N4O2S/c1-17-11(16)9-10(12)15(14-13-9)7-4-3-5-8(6-7)18-2/h3-6H,12H2,1-2H3. The number of anilines is 1. The highest BCUT2D eigenvalue weighted by Gasteiger charge is 2.18. The van der Waals surface area contributed by atoms with Gasteiger partial charge >= 0.3 is 5.97 Å². The topological polar surface area (TPSA) is 83.0 Å². The van der Waals surface area contributed by atoms with Gasteiger partial charge in [0.15, 0.2) is 5.82 Å². The van der Waals surface area contributed by atoms with E-state index >= 15 is 0 Å². The monoisotopic (exact) mass is 264 g/mol. The van der Waals surface area contributed by atoms with E-state index in [1.54, 1.807) is 11.8 Å². The fourth-order valence-electron chi connectivity index (χ4n) is 1.46. The number of rotatable bonds is 3. The van der Waals surface area contributed by atoms with Gasteiger partial charge in [-0.25, -0.2) is 4.79 Å². The fourth-order valence-corrected chi connectivity index (χ4v) is 1.92. The molecule has 0 aliphatic rings. The molecule has 1 aromatic heterocycles. The number of hydrogen-bond donors (Lipinski definition) is 1. The van der Waals surface area contributed by atoms with Gasteiger partial charge in [0.25, 0.3) is 0 Å². The molecule has 1 aromatic carbocycles. The predicted octanol–water partition coefficient (Wildman–Crippen LogP) is 1.36. The quantitative estimate of drug-likeness (QED) is 0.665. The molecule has 0 atom stereocenters. The van der Waals surface area contributed by atoms with Crippen molar-refractivity contribution in [3.8, 4) is 5.69 Å². The third-order valence-corrected chi connectivity index (χ3v) is 3.11. The summed E-state index contributed by atoms with van der Waals surface area (Å²) in [5.74, 6) is -0.431. The minimum Gasteiger partial charge on any atom is -0.464 e. The average molecular weight is 264 g/mol. The molecule has 6 nitrogen and oxygen atoms in total. The van der Waals surface area contributed by atoms with Crippen LogP contribution in [-0.2, 0) is 4.74 Å². The Balaban J connectivity index is 2.45. The summed E-state index contributed by atoms with van der Waals surface area (Å²) in [5, 5.41) is 7.59. The van der Waals surface area contributed by atoms with Crippen LogP contribution >= 0.6 is 11.8 Å². The van der Waals surface area contributed by atoms with Crippen molar-refractivity contribution in [2.45, 2.75) is 4.90 Å². The van der Waals surface area contributed by atoms with Crippen LogP contribution < -0.4 is 5.73 Å². The van der Waals surface area contributed by atoms with E-state index < -0.39 is 5.97 Å². The molecular weight excluding hydrogens is 252 g/mol.